The van der Waals surface area contributed by atoms with Crippen molar-refractivity contribution in [1.82, 2.24) is 15.0 Å². The van der Waals surface area contributed by atoms with Gasteiger partial charge in [0.05, 0.1) is 6.54 Å². The largest absolute Gasteiger partial charge is 0.338 e. The summed E-state index contributed by atoms with van der Waals surface area (Å²) in [6.45, 7) is 5.86. The van der Waals surface area contributed by atoms with Crippen molar-refractivity contribution in [3.05, 3.63) is 47.6 Å². The Kier molecular flexibility index (Phi) is 4.68. The molecule has 2 rings (SSSR count). The van der Waals surface area contributed by atoms with Crippen LogP contribution in [0.4, 0.5) is 0 Å². The third-order valence-electron chi connectivity index (χ3n) is 2.80. The smallest absolute Gasteiger partial charge is 0.240 e. The summed E-state index contributed by atoms with van der Waals surface area (Å²) in [5, 5.41) is 4.00. The Morgan fingerprint density at radius 3 is 2.58 bits per heavy atom. The van der Waals surface area contributed by atoms with Crippen molar-refractivity contribution >= 4 is 0 Å². The van der Waals surface area contributed by atoms with E-state index in [4.69, 9.17) is 4.52 Å². The van der Waals surface area contributed by atoms with Gasteiger partial charge in [0.15, 0.2) is 5.82 Å². The van der Waals surface area contributed by atoms with E-state index in [9.17, 15) is 0 Å². The van der Waals surface area contributed by atoms with E-state index in [0.717, 1.165) is 18.8 Å². The molecule has 0 aliphatic rings. The lowest BCUT2D eigenvalue weighted by Gasteiger charge is -2.13. The standard InChI is InChI=1S/C15H21N3O/c1-12(2)9-14-16-15(19-17-14)11-18(3)10-13-7-5-4-6-8-13/h4-8,12H,9-11H2,1-3H3. The van der Waals surface area contributed by atoms with Gasteiger partial charge in [0.25, 0.3) is 0 Å². The summed E-state index contributed by atoms with van der Waals surface area (Å²) in [5.74, 6) is 2.04. The van der Waals surface area contributed by atoms with Gasteiger partial charge in [-0.1, -0.05) is 49.3 Å². The molecular weight excluding hydrogens is 238 g/mol. The Morgan fingerprint density at radius 2 is 1.89 bits per heavy atom. The quantitative estimate of drug-likeness (QED) is 0.800. The summed E-state index contributed by atoms with van der Waals surface area (Å²) in [5.41, 5.74) is 1.28. The molecule has 0 atom stereocenters. The number of nitrogens with zero attached hydrogens (tertiary/aromatic N) is 3. The summed E-state index contributed by atoms with van der Waals surface area (Å²) < 4.78 is 5.27. The first-order valence-corrected chi connectivity index (χ1v) is 6.67. The maximum absolute atomic E-state index is 5.27. The van der Waals surface area contributed by atoms with Gasteiger partial charge in [0.1, 0.15) is 0 Å². The second-order valence-corrected chi connectivity index (χ2v) is 5.36. The van der Waals surface area contributed by atoms with E-state index < -0.39 is 0 Å². The highest BCUT2D eigenvalue weighted by Crippen LogP contribution is 2.08. The van der Waals surface area contributed by atoms with Crippen LogP contribution >= 0.6 is 0 Å². The maximum atomic E-state index is 5.27. The molecule has 19 heavy (non-hydrogen) atoms. The monoisotopic (exact) mass is 259 g/mol. The first-order valence-electron chi connectivity index (χ1n) is 6.67. The van der Waals surface area contributed by atoms with Gasteiger partial charge in [-0.3, -0.25) is 4.90 Å². The van der Waals surface area contributed by atoms with Crippen LogP contribution < -0.4 is 0 Å². The summed E-state index contributed by atoms with van der Waals surface area (Å²) >= 11 is 0. The fourth-order valence-electron chi connectivity index (χ4n) is 1.98. The molecule has 0 unspecified atom stereocenters. The van der Waals surface area contributed by atoms with Crippen LogP contribution in [0.2, 0.25) is 0 Å². The van der Waals surface area contributed by atoms with Crippen LogP contribution in [-0.4, -0.2) is 22.1 Å². The van der Waals surface area contributed by atoms with Gasteiger partial charge in [0.2, 0.25) is 5.89 Å². The highest BCUT2D eigenvalue weighted by molar-refractivity contribution is 5.14. The van der Waals surface area contributed by atoms with Gasteiger partial charge in [-0.2, -0.15) is 4.98 Å². The molecule has 0 radical (unpaired) electrons. The molecule has 4 nitrogen and oxygen atoms in total. The summed E-state index contributed by atoms with van der Waals surface area (Å²) in [4.78, 5) is 6.58. The molecule has 2 aromatic rings. The molecule has 0 N–H and O–H groups in total. The molecule has 1 heterocycles. The topological polar surface area (TPSA) is 42.2 Å². The molecule has 0 amide bonds. The van der Waals surface area contributed by atoms with Crippen LogP contribution in [0.15, 0.2) is 34.9 Å². The number of hydrogen-bond donors (Lipinski definition) is 0. The Labute approximate surface area is 114 Å². The fourth-order valence-corrected chi connectivity index (χ4v) is 1.98. The van der Waals surface area contributed by atoms with E-state index >= 15 is 0 Å². The molecule has 0 saturated carbocycles. The van der Waals surface area contributed by atoms with Crippen LogP contribution in [0, 0.1) is 5.92 Å². The Morgan fingerprint density at radius 1 is 1.16 bits per heavy atom. The number of aromatic nitrogens is 2. The summed E-state index contributed by atoms with van der Waals surface area (Å²) in [7, 11) is 2.05. The van der Waals surface area contributed by atoms with Gasteiger partial charge in [0, 0.05) is 13.0 Å². The van der Waals surface area contributed by atoms with Gasteiger partial charge in [-0.05, 0) is 18.5 Å². The van der Waals surface area contributed by atoms with Gasteiger partial charge in [-0.25, -0.2) is 0 Å². The minimum Gasteiger partial charge on any atom is -0.338 e. The second-order valence-electron chi connectivity index (χ2n) is 5.36. The molecule has 1 aromatic heterocycles. The molecule has 4 heteroatoms. The minimum atomic E-state index is 0.549. The average Bonchev–Trinajstić information content (AvgIpc) is 2.76. The second kappa shape index (κ2) is 6.48. The highest BCUT2D eigenvalue weighted by Gasteiger charge is 2.10. The molecule has 0 saturated heterocycles. The van der Waals surface area contributed by atoms with E-state index in [2.05, 4.69) is 60.2 Å². The lowest BCUT2D eigenvalue weighted by Crippen LogP contribution is -2.17. The third-order valence-corrected chi connectivity index (χ3v) is 2.80. The van der Waals surface area contributed by atoms with Crippen LogP contribution in [0.1, 0.15) is 31.1 Å². The van der Waals surface area contributed by atoms with Crippen molar-refractivity contribution in [2.75, 3.05) is 7.05 Å². The Bertz CT molecular complexity index is 493. The first kappa shape index (κ1) is 13.7. The predicted octanol–water partition coefficient (Wildman–Crippen LogP) is 2.90. The third kappa shape index (κ3) is 4.48. The van der Waals surface area contributed by atoms with Crippen molar-refractivity contribution in [3.63, 3.8) is 0 Å². The maximum Gasteiger partial charge on any atom is 0.240 e. The molecule has 102 valence electrons. The Hall–Kier alpha value is -1.68. The van der Waals surface area contributed by atoms with Crippen molar-refractivity contribution in [3.8, 4) is 0 Å². The zero-order chi connectivity index (χ0) is 13.7. The van der Waals surface area contributed by atoms with E-state index in [0.29, 0.717) is 18.4 Å². The lowest BCUT2D eigenvalue weighted by molar-refractivity contribution is 0.260. The van der Waals surface area contributed by atoms with E-state index in [1.165, 1.54) is 5.56 Å². The molecule has 0 bridgehead atoms. The zero-order valence-electron chi connectivity index (χ0n) is 11.8. The van der Waals surface area contributed by atoms with E-state index in [1.54, 1.807) is 0 Å². The molecule has 0 spiro atoms. The van der Waals surface area contributed by atoms with E-state index in [1.807, 2.05) is 6.07 Å². The summed E-state index contributed by atoms with van der Waals surface area (Å²) in [6.07, 6.45) is 0.867. The number of hydrogen-bond acceptors (Lipinski definition) is 4. The summed E-state index contributed by atoms with van der Waals surface area (Å²) in [6, 6.07) is 10.4. The van der Waals surface area contributed by atoms with Gasteiger partial charge >= 0.3 is 0 Å². The normalized spacial score (nSPS) is 11.4. The minimum absolute atomic E-state index is 0.549. The van der Waals surface area contributed by atoms with Crippen LogP contribution in [-0.2, 0) is 19.5 Å². The van der Waals surface area contributed by atoms with Crippen molar-refractivity contribution in [2.45, 2.75) is 33.4 Å². The molecular formula is C15H21N3O. The Balaban J connectivity index is 1.88. The lowest BCUT2D eigenvalue weighted by atomic mass is 10.1. The number of rotatable bonds is 6. The average molecular weight is 259 g/mol. The van der Waals surface area contributed by atoms with Gasteiger partial charge < -0.3 is 4.52 Å². The first-order chi connectivity index (χ1) is 9.13. The predicted molar refractivity (Wildman–Crippen MR) is 74.5 cm³/mol. The van der Waals surface area contributed by atoms with E-state index in [-0.39, 0.29) is 0 Å². The van der Waals surface area contributed by atoms with Crippen LogP contribution in [0.3, 0.4) is 0 Å². The molecule has 0 aliphatic carbocycles. The van der Waals surface area contributed by atoms with Crippen LogP contribution in [0.5, 0.6) is 0 Å². The molecule has 0 aliphatic heterocycles. The van der Waals surface area contributed by atoms with Crippen molar-refractivity contribution in [1.29, 1.82) is 0 Å². The highest BCUT2D eigenvalue weighted by atomic mass is 16.5. The molecule has 0 fully saturated rings. The fraction of sp³-hybridized carbons (Fsp3) is 0.467. The van der Waals surface area contributed by atoms with Crippen molar-refractivity contribution < 1.29 is 4.52 Å². The van der Waals surface area contributed by atoms with Crippen LogP contribution in [0.25, 0.3) is 0 Å². The van der Waals surface area contributed by atoms with Crippen molar-refractivity contribution in [2.24, 2.45) is 5.92 Å². The number of benzene rings is 1. The van der Waals surface area contributed by atoms with Gasteiger partial charge in [-0.15, -0.1) is 0 Å². The molecule has 1 aromatic carbocycles. The SMILES string of the molecule is CC(C)Cc1noc(CN(C)Cc2ccccc2)n1. The zero-order valence-corrected chi connectivity index (χ0v) is 11.8.